The summed E-state index contributed by atoms with van der Waals surface area (Å²) in [6.45, 7) is -0.379. The molecule has 1 aromatic rings. The Hall–Kier alpha value is -2.61. The largest absolute Gasteiger partial charge is 0.479 e. The van der Waals surface area contributed by atoms with Crippen LogP contribution in [0.5, 0.6) is 0 Å². The van der Waals surface area contributed by atoms with Crippen molar-refractivity contribution in [2.24, 2.45) is 0 Å². The molecule has 0 aliphatic carbocycles. The second kappa shape index (κ2) is 5.30. The third-order valence-electron chi connectivity index (χ3n) is 3.80. The number of esters is 1. The monoisotopic (exact) mass is 306 g/mol. The van der Waals surface area contributed by atoms with Crippen molar-refractivity contribution >= 4 is 18.0 Å². The van der Waals surface area contributed by atoms with Crippen LogP contribution in [0.25, 0.3) is 0 Å². The highest BCUT2D eigenvalue weighted by molar-refractivity contribution is 5.88. The average Bonchev–Trinajstić information content (AvgIpc) is 2.79. The van der Waals surface area contributed by atoms with E-state index < -0.39 is 36.7 Å². The Morgan fingerprint density at radius 2 is 2.00 bits per heavy atom. The van der Waals surface area contributed by atoms with Gasteiger partial charge in [0.1, 0.15) is 6.04 Å². The lowest BCUT2D eigenvalue weighted by Crippen LogP contribution is -2.39. The van der Waals surface area contributed by atoms with Crippen molar-refractivity contribution in [2.45, 2.75) is 12.1 Å². The number of methoxy groups -OCH3 is 1. The SMILES string of the molecule is COC(=O)C1c2ccccc2[C@@H]2CN1C(=O)N2OCC(=O)O. The Labute approximate surface area is 125 Å². The van der Waals surface area contributed by atoms with Crippen LogP contribution in [0.3, 0.4) is 0 Å². The molecule has 1 N–H and O–H groups in total. The standard InChI is InChI=1S/C14H14N2O6/c1-21-13(19)12-9-5-3-2-4-8(9)10-6-15(12)14(20)16(10)22-7-11(17)18/h2-5,10,12H,6-7H2,1H3,(H,17,18)/t10-,12?/m0/s1. The summed E-state index contributed by atoms with van der Waals surface area (Å²) < 4.78 is 4.79. The first-order chi connectivity index (χ1) is 10.5. The van der Waals surface area contributed by atoms with Gasteiger partial charge in [-0.3, -0.25) is 4.84 Å². The summed E-state index contributed by atoms with van der Waals surface area (Å²) in [5.41, 5.74) is 1.42. The van der Waals surface area contributed by atoms with Crippen molar-refractivity contribution in [1.29, 1.82) is 0 Å². The smallest absolute Gasteiger partial charge is 0.345 e. The number of carbonyl (C=O) groups excluding carboxylic acids is 2. The first-order valence-electron chi connectivity index (χ1n) is 6.65. The number of rotatable bonds is 4. The molecule has 8 nitrogen and oxygen atoms in total. The summed E-state index contributed by atoms with van der Waals surface area (Å²) in [6, 6.07) is 5.28. The van der Waals surface area contributed by atoms with Gasteiger partial charge in [-0.25, -0.2) is 14.4 Å². The number of carbonyl (C=O) groups is 3. The van der Waals surface area contributed by atoms with Gasteiger partial charge in [0.2, 0.25) is 0 Å². The van der Waals surface area contributed by atoms with Crippen LogP contribution < -0.4 is 0 Å². The molecule has 0 saturated carbocycles. The average molecular weight is 306 g/mol. The zero-order chi connectivity index (χ0) is 15.9. The predicted molar refractivity (Wildman–Crippen MR) is 71.5 cm³/mol. The Bertz CT molecular complexity index is 646. The molecule has 2 aliphatic heterocycles. The normalized spacial score (nSPS) is 22.5. The van der Waals surface area contributed by atoms with Crippen LogP contribution in [0.4, 0.5) is 4.79 Å². The van der Waals surface area contributed by atoms with Crippen LogP contribution in [-0.4, -0.2) is 53.3 Å². The molecule has 3 rings (SSSR count). The highest BCUT2D eigenvalue weighted by Crippen LogP contribution is 2.44. The van der Waals surface area contributed by atoms with Crippen molar-refractivity contribution in [3.8, 4) is 0 Å². The lowest BCUT2D eigenvalue weighted by molar-refractivity contribution is -0.167. The Balaban J connectivity index is 2.00. The van der Waals surface area contributed by atoms with Crippen molar-refractivity contribution in [1.82, 2.24) is 9.96 Å². The van der Waals surface area contributed by atoms with E-state index in [-0.39, 0.29) is 6.54 Å². The van der Waals surface area contributed by atoms with E-state index in [1.54, 1.807) is 24.3 Å². The Morgan fingerprint density at radius 1 is 1.32 bits per heavy atom. The molecule has 0 aromatic heterocycles. The number of fused-ring (bicyclic) bond motifs is 4. The maximum atomic E-state index is 12.4. The number of urea groups is 1. The highest BCUT2D eigenvalue weighted by atomic mass is 16.7. The summed E-state index contributed by atoms with van der Waals surface area (Å²) in [5.74, 6) is -1.72. The predicted octanol–water partition coefficient (Wildman–Crippen LogP) is 0.709. The van der Waals surface area contributed by atoms with E-state index in [9.17, 15) is 14.4 Å². The minimum Gasteiger partial charge on any atom is -0.479 e. The van der Waals surface area contributed by atoms with E-state index >= 15 is 0 Å². The number of carboxylic acid groups (broad SMARTS) is 1. The van der Waals surface area contributed by atoms with Crippen molar-refractivity contribution in [2.75, 3.05) is 20.3 Å². The number of aliphatic carboxylic acids is 1. The number of ether oxygens (including phenoxy) is 1. The minimum absolute atomic E-state index is 0.245. The molecular formula is C14H14N2O6. The van der Waals surface area contributed by atoms with Crippen LogP contribution >= 0.6 is 0 Å². The van der Waals surface area contributed by atoms with Crippen LogP contribution in [0, 0.1) is 0 Å². The summed E-state index contributed by atoms with van der Waals surface area (Å²) in [4.78, 5) is 41.6. The van der Waals surface area contributed by atoms with Gasteiger partial charge in [0.15, 0.2) is 12.6 Å². The van der Waals surface area contributed by atoms with Crippen LogP contribution in [0.1, 0.15) is 23.2 Å². The van der Waals surface area contributed by atoms with Gasteiger partial charge < -0.3 is 14.7 Å². The Morgan fingerprint density at radius 3 is 2.64 bits per heavy atom. The lowest BCUT2D eigenvalue weighted by atomic mass is 9.91. The summed E-state index contributed by atoms with van der Waals surface area (Å²) in [6.07, 6.45) is 0. The quantitative estimate of drug-likeness (QED) is 0.823. The minimum atomic E-state index is -1.18. The number of carboxylic acids is 1. The molecule has 0 radical (unpaired) electrons. The molecule has 116 valence electrons. The van der Waals surface area contributed by atoms with Gasteiger partial charge in [0.25, 0.3) is 0 Å². The first kappa shape index (κ1) is 14.3. The number of hydrogen-bond donors (Lipinski definition) is 1. The summed E-state index contributed by atoms with van der Waals surface area (Å²) >= 11 is 0. The number of amides is 2. The number of nitrogens with zero attached hydrogens (tertiary/aromatic N) is 2. The fourth-order valence-corrected chi connectivity index (χ4v) is 2.91. The topological polar surface area (TPSA) is 96.4 Å². The van der Waals surface area contributed by atoms with E-state index in [4.69, 9.17) is 14.7 Å². The van der Waals surface area contributed by atoms with Gasteiger partial charge in [-0.15, -0.1) is 0 Å². The highest BCUT2D eigenvalue weighted by Gasteiger charge is 2.51. The third kappa shape index (κ3) is 2.08. The molecule has 1 fully saturated rings. The van der Waals surface area contributed by atoms with Crippen LogP contribution in [-0.2, 0) is 19.2 Å². The molecule has 2 amide bonds. The molecule has 2 bridgehead atoms. The van der Waals surface area contributed by atoms with Gasteiger partial charge in [0.05, 0.1) is 13.7 Å². The van der Waals surface area contributed by atoms with Crippen LogP contribution in [0.15, 0.2) is 24.3 Å². The zero-order valence-electron chi connectivity index (χ0n) is 11.8. The van der Waals surface area contributed by atoms with Crippen LogP contribution in [0.2, 0.25) is 0 Å². The number of hydroxylamine groups is 2. The second-order valence-corrected chi connectivity index (χ2v) is 5.00. The van der Waals surface area contributed by atoms with Gasteiger partial charge >= 0.3 is 18.0 Å². The first-order valence-corrected chi connectivity index (χ1v) is 6.65. The zero-order valence-corrected chi connectivity index (χ0v) is 11.8. The van der Waals surface area contributed by atoms with E-state index in [0.717, 1.165) is 10.6 Å². The maximum absolute atomic E-state index is 12.4. The van der Waals surface area contributed by atoms with Crippen molar-refractivity contribution in [3.05, 3.63) is 35.4 Å². The summed E-state index contributed by atoms with van der Waals surface area (Å²) in [7, 11) is 1.26. The molecule has 2 atom stereocenters. The van der Waals surface area contributed by atoms with Gasteiger partial charge in [0, 0.05) is 0 Å². The molecular weight excluding hydrogens is 292 g/mol. The molecule has 8 heteroatoms. The summed E-state index contributed by atoms with van der Waals surface area (Å²) in [5, 5.41) is 9.75. The molecule has 1 unspecified atom stereocenters. The van der Waals surface area contributed by atoms with E-state index in [0.29, 0.717) is 5.56 Å². The van der Waals surface area contributed by atoms with E-state index in [1.165, 1.54) is 12.0 Å². The van der Waals surface area contributed by atoms with E-state index in [2.05, 4.69) is 0 Å². The fourth-order valence-electron chi connectivity index (χ4n) is 2.91. The van der Waals surface area contributed by atoms with Gasteiger partial charge in [-0.1, -0.05) is 24.3 Å². The third-order valence-corrected chi connectivity index (χ3v) is 3.80. The number of benzene rings is 1. The fraction of sp³-hybridized carbons (Fsp3) is 0.357. The van der Waals surface area contributed by atoms with Crippen molar-refractivity contribution in [3.63, 3.8) is 0 Å². The Kier molecular flexibility index (Phi) is 3.45. The number of hydrogen-bond acceptors (Lipinski definition) is 5. The molecule has 0 spiro atoms. The van der Waals surface area contributed by atoms with Gasteiger partial charge in [-0.2, -0.15) is 5.06 Å². The maximum Gasteiger partial charge on any atom is 0.345 e. The molecule has 1 saturated heterocycles. The second-order valence-electron chi connectivity index (χ2n) is 5.00. The molecule has 1 aromatic carbocycles. The van der Waals surface area contributed by atoms with E-state index in [1.807, 2.05) is 0 Å². The molecule has 22 heavy (non-hydrogen) atoms. The molecule has 2 heterocycles. The lowest BCUT2D eigenvalue weighted by Gasteiger charge is -2.30. The van der Waals surface area contributed by atoms with Crippen molar-refractivity contribution < 1.29 is 29.1 Å². The molecule has 2 aliphatic rings. The van der Waals surface area contributed by atoms with Gasteiger partial charge in [-0.05, 0) is 11.1 Å².